The first-order chi connectivity index (χ1) is 6.70. The first-order valence-electron chi connectivity index (χ1n) is 4.43. The van der Waals surface area contributed by atoms with Gasteiger partial charge in [-0.1, -0.05) is 6.07 Å². The fourth-order valence-electron chi connectivity index (χ4n) is 1.38. The first kappa shape index (κ1) is 10.4. The third-order valence-electron chi connectivity index (χ3n) is 2.32. The van der Waals surface area contributed by atoms with Gasteiger partial charge in [0.15, 0.2) is 0 Å². The van der Waals surface area contributed by atoms with Crippen LogP contribution in [0.1, 0.15) is 16.8 Å². The van der Waals surface area contributed by atoms with Gasteiger partial charge in [-0.2, -0.15) is 0 Å². The quantitative estimate of drug-likeness (QED) is 0.701. The summed E-state index contributed by atoms with van der Waals surface area (Å²) in [6, 6.07) is 5.81. The van der Waals surface area contributed by atoms with Crippen LogP contribution in [0, 0.1) is 3.57 Å². The van der Waals surface area contributed by atoms with Gasteiger partial charge in [-0.15, -0.1) is 0 Å². The zero-order valence-electron chi connectivity index (χ0n) is 7.46. The van der Waals surface area contributed by atoms with Gasteiger partial charge in [0, 0.05) is 21.1 Å². The second kappa shape index (κ2) is 4.18. The highest BCUT2D eigenvalue weighted by Gasteiger charge is 2.24. The summed E-state index contributed by atoms with van der Waals surface area (Å²) in [5, 5.41) is 0. The van der Waals surface area contributed by atoms with Gasteiger partial charge in [0.1, 0.15) is 0 Å². The maximum atomic E-state index is 12.0. The minimum Gasteiger partial charge on any atom is -0.338 e. The zero-order valence-corrected chi connectivity index (χ0v) is 11.2. The van der Waals surface area contributed by atoms with Gasteiger partial charge in [-0.25, -0.2) is 0 Å². The molecule has 0 atom stereocenters. The lowest BCUT2D eigenvalue weighted by molar-refractivity contribution is 0.0650. The molecule has 1 aromatic carbocycles. The molecule has 1 saturated heterocycles. The van der Waals surface area contributed by atoms with Crippen molar-refractivity contribution in [2.75, 3.05) is 13.1 Å². The van der Waals surface area contributed by atoms with E-state index >= 15 is 0 Å². The predicted molar refractivity (Wildman–Crippen MR) is 67.4 cm³/mol. The molecule has 2 nitrogen and oxygen atoms in total. The Morgan fingerprint density at radius 1 is 1.43 bits per heavy atom. The number of carbonyl (C=O) groups excluding carboxylic acids is 1. The summed E-state index contributed by atoms with van der Waals surface area (Å²) >= 11 is 5.61. The Morgan fingerprint density at radius 3 is 2.64 bits per heavy atom. The minimum atomic E-state index is 0.146. The van der Waals surface area contributed by atoms with Crippen LogP contribution in [0.2, 0.25) is 0 Å². The first-order valence-corrected chi connectivity index (χ1v) is 6.30. The average Bonchev–Trinajstić information content (AvgIpc) is 2.00. The Bertz CT molecular complexity index is 356. The largest absolute Gasteiger partial charge is 0.338 e. The molecule has 2 rings (SSSR count). The molecule has 1 aromatic rings. The molecule has 1 amide bonds. The maximum absolute atomic E-state index is 12.0. The lowest BCUT2D eigenvalue weighted by Crippen LogP contribution is -2.42. The molecule has 1 heterocycles. The van der Waals surface area contributed by atoms with Gasteiger partial charge in [-0.3, -0.25) is 4.79 Å². The van der Waals surface area contributed by atoms with E-state index in [1.165, 1.54) is 0 Å². The van der Waals surface area contributed by atoms with E-state index in [0.717, 1.165) is 33.1 Å². The molecule has 1 aliphatic rings. The van der Waals surface area contributed by atoms with Crippen molar-refractivity contribution in [1.82, 2.24) is 4.90 Å². The molecule has 4 heteroatoms. The van der Waals surface area contributed by atoms with Crippen LogP contribution in [0.4, 0.5) is 0 Å². The van der Waals surface area contributed by atoms with E-state index in [-0.39, 0.29) is 5.91 Å². The number of hydrogen-bond donors (Lipinski definition) is 0. The van der Waals surface area contributed by atoms with Crippen molar-refractivity contribution < 1.29 is 4.79 Å². The van der Waals surface area contributed by atoms with Gasteiger partial charge >= 0.3 is 0 Å². The molecular weight excluding hydrogens is 357 g/mol. The second-order valence-corrected chi connectivity index (χ2v) is 5.26. The highest BCUT2D eigenvalue weighted by Crippen LogP contribution is 2.25. The van der Waals surface area contributed by atoms with E-state index in [0.29, 0.717) is 0 Å². The second-order valence-electron chi connectivity index (χ2n) is 3.24. The van der Waals surface area contributed by atoms with Gasteiger partial charge in [0.2, 0.25) is 0 Å². The molecule has 0 N–H and O–H groups in total. The zero-order chi connectivity index (χ0) is 10.1. The van der Waals surface area contributed by atoms with Crippen molar-refractivity contribution in [2.24, 2.45) is 0 Å². The van der Waals surface area contributed by atoms with E-state index in [4.69, 9.17) is 0 Å². The smallest absolute Gasteiger partial charge is 0.256 e. The summed E-state index contributed by atoms with van der Waals surface area (Å²) in [4.78, 5) is 13.8. The summed E-state index contributed by atoms with van der Waals surface area (Å²) in [5.74, 6) is 0.146. The lowest BCUT2D eigenvalue weighted by atomic mass is 10.1. The molecule has 0 spiro atoms. The predicted octanol–water partition coefficient (Wildman–Crippen LogP) is 2.90. The van der Waals surface area contributed by atoms with Crippen LogP contribution in [-0.2, 0) is 0 Å². The van der Waals surface area contributed by atoms with Crippen LogP contribution in [-0.4, -0.2) is 23.9 Å². The fraction of sp³-hybridized carbons (Fsp3) is 0.300. The number of hydrogen-bond acceptors (Lipinski definition) is 1. The van der Waals surface area contributed by atoms with E-state index in [1.54, 1.807) is 0 Å². The highest BCUT2D eigenvalue weighted by molar-refractivity contribution is 14.1. The van der Waals surface area contributed by atoms with E-state index in [2.05, 4.69) is 38.5 Å². The number of rotatable bonds is 1. The monoisotopic (exact) mass is 365 g/mol. The van der Waals surface area contributed by atoms with Crippen LogP contribution in [0.3, 0.4) is 0 Å². The molecule has 0 saturated carbocycles. The van der Waals surface area contributed by atoms with E-state index < -0.39 is 0 Å². The fourth-order valence-corrected chi connectivity index (χ4v) is 3.01. The Morgan fingerprint density at radius 2 is 2.14 bits per heavy atom. The topological polar surface area (TPSA) is 20.3 Å². The van der Waals surface area contributed by atoms with Crippen LogP contribution >= 0.6 is 38.5 Å². The third-order valence-corrected chi connectivity index (χ3v) is 3.88. The van der Waals surface area contributed by atoms with Gasteiger partial charge < -0.3 is 4.90 Å². The number of carbonyl (C=O) groups is 1. The Hall–Kier alpha value is -0.100. The summed E-state index contributed by atoms with van der Waals surface area (Å²) in [6.45, 7) is 1.80. The highest BCUT2D eigenvalue weighted by atomic mass is 127. The molecule has 0 bridgehead atoms. The summed E-state index contributed by atoms with van der Waals surface area (Å²) in [7, 11) is 0. The standard InChI is InChI=1S/C10H9BrINO/c11-7-3-1-4-8(12)9(7)10(14)13-5-2-6-13/h1,3-4H,2,5-6H2. The molecule has 1 aliphatic heterocycles. The van der Waals surface area contributed by atoms with Crippen molar-refractivity contribution in [2.45, 2.75) is 6.42 Å². The summed E-state index contributed by atoms with van der Waals surface area (Å²) in [6.07, 6.45) is 1.13. The van der Waals surface area contributed by atoms with Crippen LogP contribution in [0.25, 0.3) is 0 Å². The number of halogens is 2. The van der Waals surface area contributed by atoms with Crippen molar-refractivity contribution >= 4 is 44.4 Å². The third kappa shape index (κ3) is 1.82. The van der Waals surface area contributed by atoms with Crippen molar-refractivity contribution in [3.63, 3.8) is 0 Å². The molecule has 74 valence electrons. The molecule has 0 radical (unpaired) electrons. The van der Waals surface area contributed by atoms with Crippen molar-refractivity contribution in [3.05, 3.63) is 31.8 Å². The molecule has 0 aliphatic carbocycles. The van der Waals surface area contributed by atoms with Crippen LogP contribution in [0.15, 0.2) is 22.7 Å². The number of benzene rings is 1. The van der Waals surface area contributed by atoms with Gasteiger partial charge in [0.25, 0.3) is 5.91 Å². The molecule has 14 heavy (non-hydrogen) atoms. The number of nitrogens with zero attached hydrogens (tertiary/aromatic N) is 1. The molecular formula is C10H9BrINO. The van der Waals surface area contributed by atoms with Crippen LogP contribution in [0.5, 0.6) is 0 Å². The van der Waals surface area contributed by atoms with Gasteiger partial charge in [0.05, 0.1) is 5.56 Å². The van der Waals surface area contributed by atoms with Crippen LogP contribution < -0.4 is 0 Å². The number of amides is 1. The summed E-state index contributed by atoms with van der Waals surface area (Å²) in [5.41, 5.74) is 0.799. The Balaban J connectivity index is 2.34. The molecule has 0 unspecified atom stereocenters. The molecule has 1 fully saturated rings. The normalized spacial score (nSPS) is 15.1. The average molecular weight is 366 g/mol. The number of likely N-dealkylation sites (tertiary alicyclic amines) is 1. The molecule has 0 aromatic heterocycles. The lowest BCUT2D eigenvalue weighted by Gasteiger charge is -2.31. The van der Waals surface area contributed by atoms with E-state index in [1.807, 2.05) is 23.1 Å². The SMILES string of the molecule is O=C(c1c(Br)cccc1I)N1CCC1. The van der Waals surface area contributed by atoms with Crippen molar-refractivity contribution in [3.8, 4) is 0 Å². The van der Waals surface area contributed by atoms with Gasteiger partial charge in [-0.05, 0) is 57.1 Å². The minimum absolute atomic E-state index is 0.146. The maximum Gasteiger partial charge on any atom is 0.256 e. The summed E-state index contributed by atoms with van der Waals surface area (Å²) < 4.78 is 1.90. The Kier molecular flexibility index (Phi) is 3.11. The Labute approximate surface area is 105 Å². The van der Waals surface area contributed by atoms with Crippen molar-refractivity contribution in [1.29, 1.82) is 0 Å². The van der Waals surface area contributed by atoms with E-state index in [9.17, 15) is 4.79 Å².